The Kier molecular flexibility index (Phi) is 4.00. The van der Waals surface area contributed by atoms with Gasteiger partial charge in [-0.05, 0) is 24.3 Å². The topological polar surface area (TPSA) is 84.2 Å². The molecule has 0 aromatic heterocycles. The standard InChI is InChI=1S/C15H15N3O2/c1-10(19)17-13-8-4-2-6-11(13)15(20)18-14-9-5-3-7-12(14)16/h2-9H,16H2,1H3,(H,17,19)(H,18,20). The number of nitrogens with two attached hydrogens (primary N) is 1. The zero-order chi connectivity index (χ0) is 14.5. The van der Waals surface area contributed by atoms with Gasteiger partial charge in [-0.3, -0.25) is 9.59 Å². The minimum atomic E-state index is -0.327. The number of carbonyl (C=O) groups excluding carboxylic acids is 2. The van der Waals surface area contributed by atoms with Crippen molar-refractivity contribution in [1.29, 1.82) is 0 Å². The highest BCUT2D eigenvalue weighted by molar-refractivity contribution is 6.10. The normalized spacial score (nSPS) is 9.85. The first kappa shape index (κ1) is 13.6. The van der Waals surface area contributed by atoms with Crippen LogP contribution in [0.15, 0.2) is 48.5 Å². The van der Waals surface area contributed by atoms with Crippen LogP contribution >= 0.6 is 0 Å². The van der Waals surface area contributed by atoms with Crippen LogP contribution in [0.4, 0.5) is 17.1 Å². The maximum absolute atomic E-state index is 12.3. The van der Waals surface area contributed by atoms with Crippen molar-refractivity contribution in [3.05, 3.63) is 54.1 Å². The molecule has 0 atom stereocenters. The summed E-state index contributed by atoms with van der Waals surface area (Å²) in [6.45, 7) is 1.39. The van der Waals surface area contributed by atoms with Crippen LogP contribution in [0.3, 0.4) is 0 Å². The number of nitrogens with one attached hydrogen (secondary N) is 2. The van der Waals surface area contributed by atoms with E-state index in [9.17, 15) is 9.59 Å². The summed E-state index contributed by atoms with van der Waals surface area (Å²) in [4.78, 5) is 23.4. The van der Waals surface area contributed by atoms with Gasteiger partial charge in [0.1, 0.15) is 0 Å². The van der Waals surface area contributed by atoms with Crippen molar-refractivity contribution in [2.75, 3.05) is 16.4 Å². The second kappa shape index (κ2) is 5.88. The number of carbonyl (C=O) groups is 2. The zero-order valence-electron chi connectivity index (χ0n) is 11.0. The Morgan fingerprint density at radius 2 is 1.50 bits per heavy atom. The van der Waals surface area contributed by atoms with Crippen molar-refractivity contribution in [2.24, 2.45) is 0 Å². The largest absolute Gasteiger partial charge is 0.397 e. The number of para-hydroxylation sites is 3. The van der Waals surface area contributed by atoms with Gasteiger partial charge in [-0.2, -0.15) is 0 Å². The van der Waals surface area contributed by atoms with E-state index >= 15 is 0 Å². The number of rotatable bonds is 3. The number of benzene rings is 2. The Morgan fingerprint density at radius 3 is 2.15 bits per heavy atom. The molecule has 0 saturated carbocycles. The molecule has 2 rings (SSSR count). The zero-order valence-corrected chi connectivity index (χ0v) is 11.0. The summed E-state index contributed by atoms with van der Waals surface area (Å²) in [5.74, 6) is -0.559. The molecule has 2 aromatic carbocycles. The van der Waals surface area contributed by atoms with Crippen molar-refractivity contribution in [2.45, 2.75) is 6.92 Å². The van der Waals surface area contributed by atoms with Crippen molar-refractivity contribution in [3.8, 4) is 0 Å². The maximum Gasteiger partial charge on any atom is 0.257 e. The smallest absolute Gasteiger partial charge is 0.257 e. The first-order valence-electron chi connectivity index (χ1n) is 6.10. The molecule has 0 radical (unpaired) electrons. The second-order valence-corrected chi connectivity index (χ2v) is 4.27. The van der Waals surface area contributed by atoms with Gasteiger partial charge in [0.25, 0.3) is 5.91 Å². The number of nitrogen functional groups attached to an aromatic ring is 1. The number of hydrogen-bond acceptors (Lipinski definition) is 3. The number of anilines is 3. The minimum absolute atomic E-state index is 0.232. The van der Waals surface area contributed by atoms with E-state index in [0.717, 1.165) is 0 Å². The summed E-state index contributed by atoms with van der Waals surface area (Å²) in [6.07, 6.45) is 0. The van der Waals surface area contributed by atoms with Crippen molar-refractivity contribution in [3.63, 3.8) is 0 Å². The molecule has 0 aliphatic carbocycles. The summed E-state index contributed by atoms with van der Waals surface area (Å²) >= 11 is 0. The molecular formula is C15H15N3O2. The maximum atomic E-state index is 12.3. The second-order valence-electron chi connectivity index (χ2n) is 4.27. The summed E-state index contributed by atoms with van der Waals surface area (Å²) in [7, 11) is 0. The molecule has 4 N–H and O–H groups in total. The van der Waals surface area contributed by atoms with Crippen LogP contribution in [0.25, 0.3) is 0 Å². The molecule has 0 aliphatic rings. The Balaban J connectivity index is 2.26. The van der Waals surface area contributed by atoms with E-state index < -0.39 is 0 Å². The fraction of sp³-hybridized carbons (Fsp3) is 0.0667. The molecule has 5 nitrogen and oxygen atoms in total. The van der Waals surface area contributed by atoms with Crippen LogP contribution in [0.5, 0.6) is 0 Å². The van der Waals surface area contributed by atoms with E-state index in [1.165, 1.54) is 6.92 Å². The van der Waals surface area contributed by atoms with Gasteiger partial charge in [-0.15, -0.1) is 0 Å². The molecule has 0 heterocycles. The average molecular weight is 269 g/mol. The van der Waals surface area contributed by atoms with Crippen LogP contribution in [0, 0.1) is 0 Å². The van der Waals surface area contributed by atoms with Crippen molar-refractivity contribution in [1.82, 2.24) is 0 Å². The molecule has 0 fully saturated rings. The fourth-order valence-electron chi connectivity index (χ4n) is 1.78. The van der Waals surface area contributed by atoms with E-state index in [4.69, 9.17) is 5.73 Å². The van der Waals surface area contributed by atoms with Gasteiger partial charge in [-0.25, -0.2) is 0 Å². The van der Waals surface area contributed by atoms with Gasteiger partial charge < -0.3 is 16.4 Å². The molecular weight excluding hydrogens is 254 g/mol. The van der Waals surface area contributed by atoms with E-state index in [-0.39, 0.29) is 11.8 Å². The van der Waals surface area contributed by atoms with Crippen LogP contribution in [0.1, 0.15) is 17.3 Å². The van der Waals surface area contributed by atoms with Crippen LogP contribution in [0.2, 0.25) is 0 Å². The summed E-state index contributed by atoms with van der Waals surface area (Å²) in [5, 5.41) is 5.35. The molecule has 20 heavy (non-hydrogen) atoms. The first-order chi connectivity index (χ1) is 9.58. The lowest BCUT2D eigenvalue weighted by Crippen LogP contribution is -2.17. The third-order valence-corrected chi connectivity index (χ3v) is 2.69. The van der Waals surface area contributed by atoms with Gasteiger partial charge >= 0.3 is 0 Å². The molecule has 2 amide bonds. The minimum Gasteiger partial charge on any atom is -0.397 e. The highest BCUT2D eigenvalue weighted by atomic mass is 16.2. The molecule has 0 bridgehead atoms. The Hall–Kier alpha value is -2.82. The third kappa shape index (κ3) is 3.14. The van der Waals surface area contributed by atoms with Gasteiger partial charge in [0.05, 0.1) is 22.6 Å². The van der Waals surface area contributed by atoms with Gasteiger partial charge in [0.2, 0.25) is 5.91 Å². The lowest BCUT2D eigenvalue weighted by atomic mass is 10.1. The molecule has 0 spiro atoms. The molecule has 0 aliphatic heterocycles. The van der Waals surface area contributed by atoms with Crippen molar-refractivity contribution < 1.29 is 9.59 Å². The fourth-order valence-corrected chi connectivity index (χ4v) is 1.78. The van der Waals surface area contributed by atoms with E-state index in [2.05, 4.69) is 10.6 Å². The molecule has 5 heteroatoms. The highest BCUT2D eigenvalue weighted by Gasteiger charge is 2.12. The van der Waals surface area contributed by atoms with E-state index in [1.807, 2.05) is 0 Å². The molecule has 0 saturated heterocycles. The Labute approximate surface area is 116 Å². The molecule has 102 valence electrons. The van der Waals surface area contributed by atoms with Crippen LogP contribution in [-0.4, -0.2) is 11.8 Å². The SMILES string of the molecule is CC(=O)Nc1ccccc1C(=O)Nc1ccccc1N. The van der Waals surface area contributed by atoms with Crippen LogP contribution in [-0.2, 0) is 4.79 Å². The van der Waals surface area contributed by atoms with Crippen LogP contribution < -0.4 is 16.4 Å². The Morgan fingerprint density at radius 1 is 0.900 bits per heavy atom. The third-order valence-electron chi connectivity index (χ3n) is 2.69. The lowest BCUT2D eigenvalue weighted by molar-refractivity contribution is -0.114. The summed E-state index contributed by atoms with van der Waals surface area (Å²) < 4.78 is 0. The monoisotopic (exact) mass is 269 g/mol. The Bertz CT molecular complexity index is 653. The summed E-state index contributed by atoms with van der Waals surface area (Å²) in [5.41, 5.74) is 7.65. The van der Waals surface area contributed by atoms with Gasteiger partial charge in [0.15, 0.2) is 0 Å². The molecule has 2 aromatic rings. The predicted octanol–water partition coefficient (Wildman–Crippen LogP) is 2.48. The molecule has 0 unspecified atom stereocenters. The number of amides is 2. The van der Waals surface area contributed by atoms with E-state index in [0.29, 0.717) is 22.6 Å². The van der Waals surface area contributed by atoms with E-state index in [1.54, 1.807) is 48.5 Å². The quantitative estimate of drug-likeness (QED) is 0.748. The number of hydrogen-bond donors (Lipinski definition) is 3. The summed E-state index contributed by atoms with van der Waals surface area (Å²) in [6, 6.07) is 13.8. The van der Waals surface area contributed by atoms with Gasteiger partial charge in [0, 0.05) is 6.92 Å². The first-order valence-corrected chi connectivity index (χ1v) is 6.10. The van der Waals surface area contributed by atoms with Gasteiger partial charge in [-0.1, -0.05) is 24.3 Å². The highest BCUT2D eigenvalue weighted by Crippen LogP contribution is 2.20. The predicted molar refractivity (Wildman–Crippen MR) is 79.6 cm³/mol. The average Bonchev–Trinajstić information content (AvgIpc) is 2.41. The lowest BCUT2D eigenvalue weighted by Gasteiger charge is -2.11. The van der Waals surface area contributed by atoms with Crippen molar-refractivity contribution >= 4 is 28.9 Å².